The number of ether oxygens (including phenoxy) is 2. The van der Waals surface area contributed by atoms with Crippen LogP contribution in [0.15, 0.2) is 53.7 Å². The summed E-state index contributed by atoms with van der Waals surface area (Å²) >= 11 is 1.19. The van der Waals surface area contributed by atoms with Crippen molar-refractivity contribution in [2.24, 2.45) is 0 Å². The minimum Gasteiger partial charge on any atom is -0.497 e. The molecular weight excluding hydrogens is 469 g/mol. The largest absolute Gasteiger partial charge is 0.497 e. The molecule has 1 unspecified atom stereocenters. The van der Waals surface area contributed by atoms with E-state index in [9.17, 15) is 18.0 Å². The summed E-state index contributed by atoms with van der Waals surface area (Å²) < 4.78 is 52.6. The number of rotatable bonds is 7. The molecule has 0 saturated carbocycles. The summed E-state index contributed by atoms with van der Waals surface area (Å²) in [6.07, 6.45) is -2.12. The van der Waals surface area contributed by atoms with Crippen molar-refractivity contribution in [3.63, 3.8) is 0 Å². The maximum absolute atomic E-state index is 13.4. The molecular formula is C23H23F3N4O3S. The van der Waals surface area contributed by atoms with E-state index in [0.29, 0.717) is 35.4 Å². The number of alkyl halides is 3. The summed E-state index contributed by atoms with van der Waals surface area (Å²) in [5, 5.41) is 11.2. The molecule has 0 spiro atoms. The highest BCUT2D eigenvalue weighted by Crippen LogP contribution is 2.33. The first-order chi connectivity index (χ1) is 16.3. The third-order valence-corrected chi connectivity index (χ3v) is 6.50. The van der Waals surface area contributed by atoms with Gasteiger partial charge >= 0.3 is 6.18 Å². The van der Waals surface area contributed by atoms with Crippen molar-refractivity contribution in [2.45, 2.75) is 42.5 Å². The third kappa shape index (κ3) is 5.64. The van der Waals surface area contributed by atoms with E-state index in [1.807, 2.05) is 0 Å². The molecule has 1 amide bonds. The van der Waals surface area contributed by atoms with Crippen LogP contribution < -0.4 is 14.8 Å². The zero-order valence-electron chi connectivity index (χ0n) is 18.3. The number of carbonyl (C=O) groups excluding carboxylic acids is 1. The number of halogens is 3. The average molecular weight is 493 g/mol. The number of nitrogens with zero attached hydrogens (tertiary/aromatic N) is 3. The Labute approximate surface area is 198 Å². The molecule has 1 aromatic heterocycles. The lowest BCUT2D eigenvalue weighted by Gasteiger charge is -2.16. The summed E-state index contributed by atoms with van der Waals surface area (Å²) in [4.78, 5) is 12.4. The predicted molar refractivity (Wildman–Crippen MR) is 120 cm³/mol. The molecule has 1 aliphatic heterocycles. The van der Waals surface area contributed by atoms with Crippen molar-refractivity contribution < 1.29 is 27.4 Å². The van der Waals surface area contributed by atoms with Crippen LogP contribution in [0.1, 0.15) is 30.7 Å². The van der Waals surface area contributed by atoms with Gasteiger partial charge in [0.1, 0.15) is 18.1 Å². The number of aromatic nitrogens is 3. The van der Waals surface area contributed by atoms with Crippen LogP contribution >= 0.6 is 11.8 Å². The van der Waals surface area contributed by atoms with E-state index in [4.69, 9.17) is 9.47 Å². The molecule has 0 aliphatic carbocycles. The molecule has 4 rings (SSSR count). The van der Waals surface area contributed by atoms with Crippen LogP contribution in [-0.4, -0.2) is 39.6 Å². The van der Waals surface area contributed by atoms with Crippen LogP contribution in [0.3, 0.4) is 0 Å². The molecule has 180 valence electrons. The second kappa shape index (κ2) is 10.4. The first kappa shape index (κ1) is 23.9. The molecule has 11 heteroatoms. The molecule has 1 fully saturated rings. The fourth-order valence-electron chi connectivity index (χ4n) is 3.52. The van der Waals surface area contributed by atoms with Gasteiger partial charge in [-0.1, -0.05) is 24.2 Å². The fourth-order valence-corrected chi connectivity index (χ4v) is 4.66. The molecule has 0 radical (unpaired) electrons. The second-order valence-electron chi connectivity index (χ2n) is 7.64. The normalized spacial score (nSPS) is 16.6. The lowest BCUT2D eigenvalue weighted by Crippen LogP contribution is -2.30. The Morgan fingerprint density at radius 3 is 2.62 bits per heavy atom. The number of benzene rings is 2. The highest BCUT2D eigenvalue weighted by Gasteiger charge is 2.31. The SMILES string of the molecule is COc1ccc(OCc2nnc(SC3CCCCNC3=O)n2-c2cccc(C(F)(F)F)c2)cc1. The van der Waals surface area contributed by atoms with Gasteiger partial charge in [0.15, 0.2) is 11.0 Å². The van der Waals surface area contributed by atoms with E-state index in [0.717, 1.165) is 25.0 Å². The van der Waals surface area contributed by atoms with Gasteiger partial charge in [-0.15, -0.1) is 10.2 Å². The lowest BCUT2D eigenvalue weighted by molar-refractivity contribution is -0.137. The molecule has 2 heterocycles. The fraction of sp³-hybridized carbons (Fsp3) is 0.348. The van der Waals surface area contributed by atoms with Crippen LogP contribution in [0.2, 0.25) is 0 Å². The molecule has 0 bridgehead atoms. The van der Waals surface area contributed by atoms with Crippen LogP contribution in [0.4, 0.5) is 13.2 Å². The third-order valence-electron chi connectivity index (χ3n) is 5.29. The quantitative estimate of drug-likeness (QED) is 0.518. The summed E-state index contributed by atoms with van der Waals surface area (Å²) in [6, 6.07) is 11.8. The van der Waals surface area contributed by atoms with Gasteiger partial charge in [-0.05, 0) is 55.3 Å². The maximum atomic E-state index is 13.4. The molecule has 1 saturated heterocycles. The Hall–Kier alpha value is -3.21. The molecule has 3 aromatic rings. The Kier molecular flexibility index (Phi) is 7.30. The van der Waals surface area contributed by atoms with E-state index in [1.54, 1.807) is 37.4 Å². The number of hydrogen-bond donors (Lipinski definition) is 1. The zero-order chi connectivity index (χ0) is 24.1. The van der Waals surface area contributed by atoms with Gasteiger partial charge in [0.05, 0.1) is 23.6 Å². The van der Waals surface area contributed by atoms with E-state index < -0.39 is 17.0 Å². The number of thioether (sulfide) groups is 1. The molecule has 7 nitrogen and oxygen atoms in total. The highest BCUT2D eigenvalue weighted by atomic mass is 32.2. The Bertz CT molecular complexity index is 1140. The zero-order valence-corrected chi connectivity index (χ0v) is 19.2. The highest BCUT2D eigenvalue weighted by molar-refractivity contribution is 8.00. The Morgan fingerprint density at radius 2 is 1.88 bits per heavy atom. The molecule has 1 atom stereocenters. The average Bonchev–Trinajstić information content (AvgIpc) is 3.12. The van der Waals surface area contributed by atoms with Gasteiger partial charge in [0.2, 0.25) is 5.91 Å². The summed E-state index contributed by atoms with van der Waals surface area (Å²) in [5.41, 5.74) is -0.548. The second-order valence-corrected chi connectivity index (χ2v) is 8.81. The molecule has 34 heavy (non-hydrogen) atoms. The van der Waals surface area contributed by atoms with E-state index in [-0.39, 0.29) is 18.2 Å². The van der Waals surface area contributed by atoms with Crippen molar-refractivity contribution >= 4 is 17.7 Å². The standard InChI is InChI=1S/C23H23F3N4O3S/c1-32-17-8-10-18(11-9-17)33-14-20-28-29-22(34-19-7-2-3-12-27-21(19)31)30(20)16-6-4-5-15(13-16)23(24,25)26/h4-6,8-11,13,19H,2-3,7,12,14H2,1H3,(H,27,31). The Morgan fingerprint density at radius 1 is 1.12 bits per heavy atom. The monoisotopic (exact) mass is 492 g/mol. The number of hydrogen-bond acceptors (Lipinski definition) is 6. The predicted octanol–water partition coefficient (Wildman–Crippen LogP) is 4.63. The van der Waals surface area contributed by atoms with Crippen LogP contribution in [-0.2, 0) is 17.6 Å². The molecule has 2 aromatic carbocycles. The van der Waals surface area contributed by atoms with Gasteiger partial charge in [-0.2, -0.15) is 13.2 Å². The number of amides is 1. The van der Waals surface area contributed by atoms with Crippen molar-refractivity contribution in [1.82, 2.24) is 20.1 Å². The van der Waals surface area contributed by atoms with Gasteiger partial charge < -0.3 is 14.8 Å². The van der Waals surface area contributed by atoms with Gasteiger partial charge in [-0.3, -0.25) is 9.36 Å². The van der Waals surface area contributed by atoms with E-state index >= 15 is 0 Å². The van der Waals surface area contributed by atoms with Gasteiger partial charge in [0, 0.05) is 6.54 Å². The molecule has 1 aliphatic rings. The number of carbonyl (C=O) groups is 1. The Balaban J connectivity index is 1.66. The summed E-state index contributed by atoms with van der Waals surface area (Å²) in [7, 11) is 1.56. The van der Waals surface area contributed by atoms with Crippen LogP contribution in [0, 0.1) is 0 Å². The number of methoxy groups -OCH3 is 1. The van der Waals surface area contributed by atoms with Crippen molar-refractivity contribution in [3.8, 4) is 17.2 Å². The minimum atomic E-state index is -4.50. The maximum Gasteiger partial charge on any atom is 0.416 e. The van der Waals surface area contributed by atoms with Crippen LogP contribution in [0.25, 0.3) is 5.69 Å². The van der Waals surface area contributed by atoms with Crippen LogP contribution in [0.5, 0.6) is 11.5 Å². The van der Waals surface area contributed by atoms with Gasteiger partial charge in [-0.25, -0.2) is 0 Å². The first-order valence-corrected chi connectivity index (χ1v) is 11.6. The van der Waals surface area contributed by atoms with E-state index in [1.165, 1.54) is 22.4 Å². The summed E-state index contributed by atoms with van der Waals surface area (Å²) in [6.45, 7) is 0.574. The van der Waals surface area contributed by atoms with Gasteiger partial charge in [0.25, 0.3) is 0 Å². The number of nitrogens with one attached hydrogen (secondary N) is 1. The lowest BCUT2D eigenvalue weighted by atomic mass is 10.2. The summed E-state index contributed by atoms with van der Waals surface area (Å²) in [5.74, 6) is 1.40. The van der Waals surface area contributed by atoms with Crippen molar-refractivity contribution in [1.29, 1.82) is 0 Å². The molecule has 1 N–H and O–H groups in total. The smallest absolute Gasteiger partial charge is 0.416 e. The minimum absolute atomic E-state index is 0.0347. The van der Waals surface area contributed by atoms with Crippen molar-refractivity contribution in [2.75, 3.05) is 13.7 Å². The topological polar surface area (TPSA) is 78.3 Å². The van der Waals surface area contributed by atoms with E-state index in [2.05, 4.69) is 15.5 Å². The van der Waals surface area contributed by atoms with Crippen molar-refractivity contribution in [3.05, 3.63) is 59.9 Å². The first-order valence-electron chi connectivity index (χ1n) is 10.7.